The van der Waals surface area contributed by atoms with Crippen LogP contribution in [0, 0.1) is 30.6 Å². The lowest BCUT2D eigenvalue weighted by Gasteiger charge is -2.38. The quantitative estimate of drug-likeness (QED) is 0.0926. The van der Waals surface area contributed by atoms with Crippen molar-refractivity contribution >= 4 is 40.3 Å². The first-order chi connectivity index (χ1) is 29.8. The molecule has 9 atom stereocenters. The van der Waals surface area contributed by atoms with Crippen LogP contribution in [0.3, 0.4) is 0 Å². The highest BCUT2D eigenvalue weighted by Crippen LogP contribution is 2.55. The van der Waals surface area contributed by atoms with Crippen LogP contribution in [0.2, 0.25) is 0 Å². The average Bonchev–Trinajstić information content (AvgIpc) is 3.89. The minimum absolute atomic E-state index is 0.0631. The van der Waals surface area contributed by atoms with Gasteiger partial charge in [-0.1, -0.05) is 58.8 Å². The number of Topliss-reactive ketones (excluding diaryl/α,β-unsaturated/α-hetero) is 1. The van der Waals surface area contributed by atoms with Crippen molar-refractivity contribution in [3.05, 3.63) is 52.8 Å². The molecule has 5 bridgehead atoms. The molecule has 16 nitrogen and oxygen atoms in total. The lowest BCUT2D eigenvalue weighted by atomic mass is 9.78. The van der Waals surface area contributed by atoms with E-state index < -0.39 is 88.8 Å². The third-order valence-electron chi connectivity index (χ3n) is 13.5. The van der Waals surface area contributed by atoms with E-state index in [1.165, 1.54) is 85.1 Å². The van der Waals surface area contributed by atoms with Crippen LogP contribution >= 0.6 is 0 Å². The molecular weight excluding hydrogens is 813 g/mol. The monoisotopic (exact) mass is 876 g/mol. The summed E-state index contributed by atoms with van der Waals surface area (Å²) < 4.78 is 23.7. The number of aromatic hydroxyl groups is 3. The van der Waals surface area contributed by atoms with Crippen LogP contribution in [0.5, 0.6) is 23.0 Å². The molecule has 0 aromatic heterocycles. The number of hydrogen-bond donors (Lipinski definition) is 6. The lowest BCUT2D eigenvalue weighted by Crippen LogP contribution is -2.47. The molecule has 0 unspecified atom stereocenters. The number of nitrogens with one attached hydrogen (secondary N) is 1. The number of piperazine rings is 1. The van der Waals surface area contributed by atoms with Crippen LogP contribution in [0.15, 0.2) is 41.2 Å². The number of methoxy groups -OCH3 is 1. The standard InChI is InChI=1S/C47H64N4O12/c1-24-13-12-14-25(2)46(59)49-37-32(23-48-51-20-18-50(19-21-51)31-15-10-11-16-31)41(56)34-35(42(37)57)40(55)29(6)44-36(34)45(58)47(8,63-44)61-22-17-33(60-9)26(3)43(62-30(7)52)28(5)39(54)27(4)38(24)53/h12-14,17,22-24,26-28,31,33,38-39,43,53-57H,10-11,15-16,18-21H2,1-9H3,(H,49,59)/b13-12+,22-17+,25-14+,48-23+/t24-,26+,27+,28+,33-,38-,39+,43+,47-/m0/s1. The van der Waals surface area contributed by atoms with E-state index in [2.05, 4.69) is 15.3 Å². The SMILES string of the molecule is CO[C@H]1/C=C/O[C@@]2(C)Oc3c(C)c(O)c4c(O)c(c(/C=N/N5CCN(C6CCCC6)CC5)c(O)c4c3C2=O)NC(=O)/C(C)=C/C=C/[C@H](C)[C@H](O)[C@@H](C)[C@@H](O)[C@@H](C)[C@H](OC(C)=O)[C@@H]1C. The zero-order valence-corrected chi connectivity index (χ0v) is 37.8. The molecule has 1 aliphatic carbocycles. The van der Waals surface area contributed by atoms with E-state index in [-0.39, 0.29) is 44.5 Å². The summed E-state index contributed by atoms with van der Waals surface area (Å²) >= 11 is 0. The Balaban J connectivity index is 1.47. The highest BCUT2D eigenvalue weighted by atomic mass is 16.7. The van der Waals surface area contributed by atoms with Gasteiger partial charge in [0.15, 0.2) is 5.75 Å². The van der Waals surface area contributed by atoms with Crippen molar-refractivity contribution in [2.75, 3.05) is 38.6 Å². The van der Waals surface area contributed by atoms with Crippen molar-refractivity contribution in [1.82, 2.24) is 9.91 Å². The van der Waals surface area contributed by atoms with Gasteiger partial charge >= 0.3 is 11.8 Å². The summed E-state index contributed by atoms with van der Waals surface area (Å²) in [4.78, 5) is 43.2. The molecule has 0 spiro atoms. The summed E-state index contributed by atoms with van der Waals surface area (Å²) in [5.41, 5.74) is -0.293. The van der Waals surface area contributed by atoms with Gasteiger partial charge in [-0.05, 0) is 32.8 Å². The summed E-state index contributed by atoms with van der Waals surface area (Å²) in [5, 5.41) is 67.6. The number of hydrazone groups is 1. The van der Waals surface area contributed by atoms with Gasteiger partial charge in [0.1, 0.15) is 23.4 Å². The fourth-order valence-electron chi connectivity index (χ4n) is 9.47. The van der Waals surface area contributed by atoms with Crippen LogP contribution in [-0.4, -0.2) is 129 Å². The van der Waals surface area contributed by atoms with Crippen molar-refractivity contribution in [3.63, 3.8) is 0 Å². The van der Waals surface area contributed by atoms with E-state index in [0.717, 1.165) is 13.1 Å². The normalized spacial score (nSPS) is 32.4. The van der Waals surface area contributed by atoms with Crippen LogP contribution in [0.4, 0.5) is 5.69 Å². The van der Waals surface area contributed by atoms with Crippen molar-refractivity contribution in [2.45, 2.75) is 117 Å². The number of rotatable bonds is 5. The molecule has 4 aliphatic heterocycles. The molecule has 1 amide bonds. The van der Waals surface area contributed by atoms with E-state index in [0.29, 0.717) is 19.1 Å². The van der Waals surface area contributed by atoms with Crippen molar-refractivity contribution < 1.29 is 58.9 Å². The number of carbonyl (C=O) groups is 3. The summed E-state index contributed by atoms with van der Waals surface area (Å²) in [5.74, 6) is -8.28. The molecule has 2 aromatic rings. The molecule has 2 aromatic carbocycles. The predicted octanol–water partition coefficient (Wildman–Crippen LogP) is 5.65. The number of ketones is 1. The number of ether oxygens (including phenoxy) is 4. The predicted molar refractivity (Wildman–Crippen MR) is 237 cm³/mol. The first-order valence-electron chi connectivity index (χ1n) is 21.9. The molecule has 5 aliphatic rings. The number of amides is 1. The maximum absolute atomic E-state index is 14.5. The Hall–Kier alpha value is -5.16. The van der Waals surface area contributed by atoms with Gasteiger partial charge in [-0.2, -0.15) is 5.10 Å². The van der Waals surface area contributed by atoms with Gasteiger partial charge < -0.3 is 49.8 Å². The number of phenolic OH excluding ortho intramolecular Hbond substituents is 3. The number of nitrogens with zero attached hydrogens (tertiary/aromatic N) is 3. The Bertz CT molecular complexity index is 2190. The van der Waals surface area contributed by atoms with Crippen molar-refractivity contribution in [2.24, 2.45) is 28.8 Å². The molecule has 63 heavy (non-hydrogen) atoms. The zero-order chi connectivity index (χ0) is 46.1. The Kier molecular flexibility index (Phi) is 14.5. The van der Waals surface area contributed by atoms with E-state index in [4.69, 9.17) is 18.9 Å². The number of fused-ring (bicyclic) bond motifs is 14. The van der Waals surface area contributed by atoms with E-state index in [9.17, 15) is 39.9 Å². The number of phenols is 3. The largest absolute Gasteiger partial charge is 0.507 e. The molecule has 0 radical (unpaired) electrons. The minimum atomic E-state index is -2.04. The van der Waals surface area contributed by atoms with E-state index in [1.807, 2.05) is 5.01 Å². The molecular formula is C47H64N4O12. The highest BCUT2D eigenvalue weighted by molar-refractivity contribution is 6.23. The first-order valence-corrected chi connectivity index (χ1v) is 21.9. The van der Waals surface area contributed by atoms with Gasteiger partial charge in [0, 0.05) is 93.4 Å². The zero-order valence-electron chi connectivity index (χ0n) is 37.8. The Morgan fingerprint density at radius 2 is 1.59 bits per heavy atom. The number of aliphatic hydroxyl groups is 2. The highest BCUT2D eigenvalue weighted by Gasteiger charge is 2.50. The fourth-order valence-corrected chi connectivity index (χ4v) is 9.47. The Morgan fingerprint density at radius 3 is 2.22 bits per heavy atom. The van der Waals surface area contributed by atoms with Gasteiger partial charge in [-0.3, -0.25) is 24.3 Å². The third kappa shape index (κ3) is 9.40. The molecule has 2 fully saturated rings. The van der Waals surface area contributed by atoms with Gasteiger partial charge in [0.2, 0.25) is 0 Å². The number of esters is 1. The number of carbonyl (C=O) groups excluding carboxylic acids is 3. The molecule has 1 saturated heterocycles. The Labute approximate surface area is 368 Å². The van der Waals surface area contributed by atoms with Crippen LogP contribution in [-0.2, 0) is 23.8 Å². The van der Waals surface area contributed by atoms with Gasteiger partial charge in [-0.15, -0.1) is 0 Å². The van der Waals surface area contributed by atoms with Crippen molar-refractivity contribution in [3.8, 4) is 23.0 Å². The summed E-state index contributed by atoms with van der Waals surface area (Å²) in [6.07, 6.45) is 9.75. The molecule has 7 rings (SSSR count). The lowest BCUT2D eigenvalue weighted by molar-refractivity contribution is -0.160. The minimum Gasteiger partial charge on any atom is -0.507 e. The average molecular weight is 877 g/mol. The first kappa shape index (κ1) is 47.3. The van der Waals surface area contributed by atoms with Gasteiger partial charge in [-0.25, -0.2) is 0 Å². The van der Waals surface area contributed by atoms with E-state index >= 15 is 0 Å². The maximum atomic E-state index is 14.5. The number of hydrogen-bond acceptors (Lipinski definition) is 15. The number of benzene rings is 2. The molecule has 1 saturated carbocycles. The number of allylic oxidation sites excluding steroid dienone is 2. The van der Waals surface area contributed by atoms with Gasteiger partial charge in [0.05, 0.1) is 53.0 Å². The van der Waals surface area contributed by atoms with Crippen molar-refractivity contribution in [1.29, 1.82) is 0 Å². The van der Waals surface area contributed by atoms with Crippen LogP contribution in [0.25, 0.3) is 10.8 Å². The molecule has 16 heteroatoms. The third-order valence-corrected chi connectivity index (χ3v) is 13.5. The van der Waals surface area contributed by atoms with Gasteiger partial charge in [0.25, 0.3) is 11.7 Å². The number of anilines is 1. The van der Waals surface area contributed by atoms with Crippen LogP contribution < -0.4 is 10.1 Å². The van der Waals surface area contributed by atoms with E-state index in [1.54, 1.807) is 39.8 Å². The number of aliphatic hydroxyl groups excluding tert-OH is 2. The second-order valence-corrected chi connectivity index (χ2v) is 17.8. The summed E-state index contributed by atoms with van der Waals surface area (Å²) in [6.45, 7) is 15.4. The smallest absolute Gasteiger partial charge is 0.312 e. The Morgan fingerprint density at radius 1 is 0.921 bits per heavy atom. The molecule has 6 N–H and O–H groups in total. The second kappa shape index (κ2) is 19.3. The topological polar surface area (TPSA) is 220 Å². The molecule has 4 heterocycles. The fraction of sp³-hybridized carbons (Fsp3) is 0.574. The maximum Gasteiger partial charge on any atom is 0.312 e. The molecule has 344 valence electrons. The summed E-state index contributed by atoms with van der Waals surface area (Å²) in [6, 6.07) is 0.553. The summed E-state index contributed by atoms with van der Waals surface area (Å²) in [7, 11) is 1.44. The second-order valence-electron chi connectivity index (χ2n) is 17.8. The van der Waals surface area contributed by atoms with Crippen LogP contribution in [0.1, 0.15) is 95.6 Å².